The maximum atomic E-state index is 5.81. The quantitative estimate of drug-likeness (QED) is 0.763. The molecule has 21 heavy (non-hydrogen) atoms. The number of nitrogens with zero attached hydrogens (tertiary/aromatic N) is 2. The second-order valence-electron chi connectivity index (χ2n) is 6.12. The minimum atomic E-state index is 0.486. The first-order valence-electron chi connectivity index (χ1n) is 7.47. The van der Waals surface area contributed by atoms with Crippen LogP contribution in [-0.4, -0.2) is 23.0 Å². The summed E-state index contributed by atoms with van der Waals surface area (Å²) in [4.78, 5) is 7.08. The summed E-state index contributed by atoms with van der Waals surface area (Å²) < 4.78 is 0. The predicted molar refractivity (Wildman–Crippen MR) is 90.7 cm³/mol. The van der Waals surface area contributed by atoms with E-state index in [1.165, 1.54) is 24.2 Å². The van der Waals surface area contributed by atoms with Gasteiger partial charge < -0.3 is 0 Å². The number of likely N-dealkylation sites (tertiary alicyclic amines) is 1. The van der Waals surface area contributed by atoms with Crippen LogP contribution in [0.5, 0.6) is 0 Å². The average Bonchev–Trinajstić information content (AvgIpc) is 3.07. The molecule has 1 aliphatic heterocycles. The first kappa shape index (κ1) is 15.0. The molecule has 0 spiro atoms. The van der Waals surface area contributed by atoms with Crippen LogP contribution in [-0.2, 0) is 12.4 Å². The molecule has 0 amide bonds. The van der Waals surface area contributed by atoms with Crippen molar-refractivity contribution >= 4 is 22.9 Å². The van der Waals surface area contributed by atoms with Gasteiger partial charge in [0.15, 0.2) is 0 Å². The molecule has 0 saturated carbocycles. The highest BCUT2D eigenvalue weighted by molar-refractivity contribution is 7.13. The van der Waals surface area contributed by atoms with Crippen LogP contribution in [0.2, 0.25) is 0 Å². The van der Waals surface area contributed by atoms with E-state index in [9.17, 15) is 0 Å². The molecular weight excluding hydrogens is 300 g/mol. The minimum Gasteiger partial charge on any atom is -0.299 e. The van der Waals surface area contributed by atoms with Crippen LogP contribution in [0.25, 0.3) is 10.6 Å². The molecule has 2 heterocycles. The van der Waals surface area contributed by atoms with E-state index in [2.05, 4.69) is 48.0 Å². The van der Waals surface area contributed by atoms with Gasteiger partial charge in [0.05, 0.1) is 11.6 Å². The van der Waals surface area contributed by atoms with Gasteiger partial charge in [0.2, 0.25) is 0 Å². The molecular formula is C17H21ClN2S. The van der Waals surface area contributed by atoms with Gasteiger partial charge in [-0.15, -0.1) is 22.9 Å². The van der Waals surface area contributed by atoms with Crippen LogP contribution in [0.15, 0.2) is 29.6 Å². The third-order valence-corrected chi connectivity index (χ3v) is 5.57. The lowest BCUT2D eigenvalue weighted by Crippen LogP contribution is -2.19. The molecule has 0 N–H and O–H groups in total. The number of hydrogen-bond donors (Lipinski definition) is 0. The molecule has 1 aromatic carbocycles. The molecule has 0 bridgehead atoms. The highest BCUT2D eigenvalue weighted by Gasteiger charge is 2.25. The number of hydrogen-bond acceptors (Lipinski definition) is 3. The molecule has 2 atom stereocenters. The number of alkyl halides is 1. The van der Waals surface area contributed by atoms with Gasteiger partial charge in [0, 0.05) is 30.6 Å². The van der Waals surface area contributed by atoms with Crippen LogP contribution >= 0.6 is 22.9 Å². The number of aromatic nitrogens is 1. The summed E-state index contributed by atoms with van der Waals surface area (Å²) in [6.07, 6.45) is 0. The summed E-state index contributed by atoms with van der Waals surface area (Å²) in [7, 11) is 0. The molecule has 2 unspecified atom stereocenters. The molecule has 1 aromatic heterocycles. The standard InChI is InChI=1S/C17H21ClN2S/c1-12-8-20(9-13(12)2)10-14-3-5-15(6-4-14)17-19-16(7-18)11-21-17/h3-6,11-13H,7-10H2,1-2H3. The van der Waals surface area contributed by atoms with Crippen LogP contribution in [0, 0.1) is 11.8 Å². The summed E-state index contributed by atoms with van der Waals surface area (Å²) in [6.45, 7) is 8.19. The van der Waals surface area contributed by atoms with Crippen molar-refractivity contribution in [3.8, 4) is 10.6 Å². The second-order valence-corrected chi connectivity index (χ2v) is 7.25. The summed E-state index contributed by atoms with van der Waals surface area (Å²) in [6, 6.07) is 8.81. The van der Waals surface area contributed by atoms with Gasteiger partial charge in [-0.3, -0.25) is 4.90 Å². The highest BCUT2D eigenvalue weighted by atomic mass is 35.5. The summed E-state index contributed by atoms with van der Waals surface area (Å²) in [5.74, 6) is 2.11. The van der Waals surface area contributed by atoms with Crippen LogP contribution in [0.4, 0.5) is 0 Å². The van der Waals surface area contributed by atoms with Gasteiger partial charge in [-0.05, 0) is 17.4 Å². The Hall–Kier alpha value is -0.900. The van der Waals surface area contributed by atoms with E-state index in [1.807, 2.05) is 5.38 Å². The summed E-state index contributed by atoms with van der Waals surface area (Å²) in [5.41, 5.74) is 3.53. The third kappa shape index (κ3) is 3.47. The topological polar surface area (TPSA) is 16.1 Å². The molecule has 2 nitrogen and oxygen atoms in total. The Morgan fingerprint density at radius 2 is 1.86 bits per heavy atom. The molecule has 1 fully saturated rings. The van der Waals surface area contributed by atoms with Gasteiger partial charge in [-0.2, -0.15) is 0 Å². The molecule has 2 aromatic rings. The second kappa shape index (κ2) is 6.47. The lowest BCUT2D eigenvalue weighted by Gasteiger charge is -2.15. The van der Waals surface area contributed by atoms with E-state index < -0.39 is 0 Å². The third-order valence-electron chi connectivity index (χ3n) is 4.36. The highest BCUT2D eigenvalue weighted by Crippen LogP contribution is 2.26. The van der Waals surface area contributed by atoms with Crippen LogP contribution in [0.3, 0.4) is 0 Å². The fourth-order valence-corrected chi connectivity index (χ4v) is 3.94. The number of halogens is 1. The fraction of sp³-hybridized carbons (Fsp3) is 0.471. The average molecular weight is 321 g/mol. The zero-order chi connectivity index (χ0) is 14.8. The molecule has 4 heteroatoms. The SMILES string of the molecule is CC1CN(Cc2ccc(-c3nc(CCl)cs3)cc2)CC1C. The number of thiazole rings is 1. The minimum absolute atomic E-state index is 0.486. The van der Waals surface area contributed by atoms with E-state index in [0.29, 0.717) is 5.88 Å². The smallest absolute Gasteiger partial charge is 0.123 e. The predicted octanol–water partition coefficient (Wildman–Crippen LogP) is 4.64. The largest absolute Gasteiger partial charge is 0.299 e. The van der Waals surface area contributed by atoms with Crippen molar-refractivity contribution in [3.05, 3.63) is 40.9 Å². The Kier molecular flexibility index (Phi) is 4.63. The summed E-state index contributed by atoms with van der Waals surface area (Å²) in [5, 5.41) is 3.09. The van der Waals surface area contributed by atoms with Crippen LogP contribution < -0.4 is 0 Å². The van der Waals surface area contributed by atoms with Gasteiger partial charge in [0.25, 0.3) is 0 Å². The maximum absolute atomic E-state index is 5.81. The van der Waals surface area contributed by atoms with Gasteiger partial charge >= 0.3 is 0 Å². The molecule has 1 aliphatic rings. The Morgan fingerprint density at radius 1 is 1.19 bits per heavy atom. The maximum Gasteiger partial charge on any atom is 0.123 e. The zero-order valence-electron chi connectivity index (χ0n) is 12.6. The normalized spacial score (nSPS) is 22.8. The number of benzene rings is 1. The van der Waals surface area contributed by atoms with Crippen molar-refractivity contribution in [1.82, 2.24) is 9.88 Å². The molecule has 112 valence electrons. The Bertz CT molecular complexity index is 583. The van der Waals surface area contributed by atoms with Crippen molar-refractivity contribution in [2.45, 2.75) is 26.3 Å². The van der Waals surface area contributed by atoms with Crippen molar-refractivity contribution in [2.75, 3.05) is 13.1 Å². The van der Waals surface area contributed by atoms with E-state index in [-0.39, 0.29) is 0 Å². The van der Waals surface area contributed by atoms with Crippen molar-refractivity contribution in [3.63, 3.8) is 0 Å². The van der Waals surface area contributed by atoms with Gasteiger partial charge in [-0.25, -0.2) is 4.98 Å². The molecule has 3 rings (SSSR count). The lowest BCUT2D eigenvalue weighted by atomic mass is 10.0. The van der Waals surface area contributed by atoms with E-state index >= 15 is 0 Å². The Balaban J connectivity index is 1.67. The van der Waals surface area contributed by atoms with Gasteiger partial charge in [0.1, 0.15) is 5.01 Å². The first-order chi connectivity index (χ1) is 10.2. The Labute approximate surface area is 135 Å². The molecule has 0 radical (unpaired) electrons. The monoisotopic (exact) mass is 320 g/mol. The molecule has 0 aliphatic carbocycles. The van der Waals surface area contributed by atoms with E-state index in [1.54, 1.807) is 11.3 Å². The van der Waals surface area contributed by atoms with Crippen molar-refractivity contribution in [1.29, 1.82) is 0 Å². The van der Waals surface area contributed by atoms with Gasteiger partial charge in [-0.1, -0.05) is 38.1 Å². The lowest BCUT2D eigenvalue weighted by molar-refractivity contribution is 0.316. The zero-order valence-corrected chi connectivity index (χ0v) is 14.1. The van der Waals surface area contributed by atoms with E-state index in [4.69, 9.17) is 11.6 Å². The van der Waals surface area contributed by atoms with E-state index in [0.717, 1.165) is 29.1 Å². The summed E-state index contributed by atoms with van der Waals surface area (Å²) >= 11 is 7.47. The first-order valence-corrected chi connectivity index (χ1v) is 8.89. The van der Waals surface area contributed by atoms with Crippen LogP contribution in [0.1, 0.15) is 25.1 Å². The fourth-order valence-electron chi connectivity index (χ4n) is 2.89. The number of rotatable bonds is 4. The van der Waals surface area contributed by atoms with Crippen molar-refractivity contribution < 1.29 is 0 Å². The van der Waals surface area contributed by atoms with Crippen molar-refractivity contribution in [2.24, 2.45) is 11.8 Å². The Morgan fingerprint density at radius 3 is 2.43 bits per heavy atom. The molecule has 1 saturated heterocycles.